The lowest BCUT2D eigenvalue weighted by molar-refractivity contribution is 0.573. The fourth-order valence-electron chi connectivity index (χ4n) is 1.69. The van der Waals surface area contributed by atoms with Crippen LogP contribution in [-0.4, -0.2) is 25.7 Å². The van der Waals surface area contributed by atoms with Gasteiger partial charge in [0.1, 0.15) is 0 Å². The van der Waals surface area contributed by atoms with Gasteiger partial charge in [-0.3, -0.25) is 0 Å². The topological polar surface area (TPSA) is 64.0 Å². The van der Waals surface area contributed by atoms with Crippen LogP contribution in [0.15, 0.2) is 46.2 Å². The number of aryl methyl sites for hydroxylation is 1. The normalized spacial score (nSPS) is 11.4. The van der Waals surface area contributed by atoms with Gasteiger partial charge in [0, 0.05) is 13.2 Å². The predicted octanol–water partition coefficient (Wildman–Crippen LogP) is 2.42. The van der Waals surface area contributed by atoms with Crippen molar-refractivity contribution in [3.8, 4) is 11.6 Å². The number of nitrogens with zero attached hydrogens (tertiary/aromatic N) is 4. The van der Waals surface area contributed by atoms with Crippen LogP contribution >= 0.6 is 12.2 Å². The molecule has 0 bridgehead atoms. The highest BCUT2D eigenvalue weighted by atomic mass is 32.1. The summed E-state index contributed by atoms with van der Waals surface area (Å²) in [5, 5.41) is 11.2. The van der Waals surface area contributed by atoms with Crippen LogP contribution in [0.4, 0.5) is 0 Å². The molecule has 7 heteroatoms. The number of aromatic nitrogens is 4. The highest BCUT2D eigenvalue weighted by molar-refractivity contribution is 7.71. The third-order valence-electron chi connectivity index (χ3n) is 2.68. The molecule has 0 fully saturated rings. The highest BCUT2D eigenvalue weighted by Crippen LogP contribution is 2.17. The Balaban J connectivity index is 2.02. The average Bonchev–Trinajstić information content (AvgIpc) is 3.09. The molecule has 0 unspecified atom stereocenters. The zero-order valence-electron chi connectivity index (χ0n) is 10.1. The standard InChI is InChI=1S/C12H11N5OS/c1-16-6-2-4-9(16)8-13-17-11(14-15-12(17)19)10-5-3-7-18-10/h2-8H,1H3,(H,15,19)/b13-8+. The molecule has 96 valence electrons. The molecule has 3 heterocycles. The minimum absolute atomic E-state index is 0.414. The van der Waals surface area contributed by atoms with Crippen LogP contribution in [0.1, 0.15) is 5.69 Å². The summed E-state index contributed by atoms with van der Waals surface area (Å²) >= 11 is 5.16. The van der Waals surface area contributed by atoms with Gasteiger partial charge in [-0.2, -0.15) is 9.78 Å². The monoisotopic (exact) mass is 273 g/mol. The molecule has 19 heavy (non-hydrogen) atoms. The summed E-state index contributed by atoms with van der Waals surface area (Å²) in [6, 6.07) is 7.50. The zero-order valence-corrected chi connectivity index (χ0v) is 11.0. The summed E-state index contributed by atoms with van der Waals surface area (Å²) in [5.74, 6) is 1.15. The second-order valence-corrected chi connectivity index (χ2v) is 4.32. The van der Waals surface area contributed by atoms with Crippen molar-refractivity contribution in [1.29, 1.82) is 0 Å². The van der Waals surface area contributed by atoms with Crippen LogP contribution in [0.25, 0.3) is 11.6 Å². The van der Waals surface area contributed by atoms with Crippen LogP contribution in [0, 0.1) is 4.77 Å². The Labute approximate surface area is 114 Å². The summed E-state index contributed by atoms with van der Waals surface area (Å²) in [5.41, 5.74) is 0.966. The molecular formula is C12H11N5OS. The van der Waals surface area contributed by atoms with E-state index in [0.717, 1.165) is 5.69 Å². The first kappa shape index (κ1) is 11.7. The minimum Gasteiger partial charge on any atom is -0.461 e. The van der Waals surface area contributed by atoms with E-state index in [1.165, 1.54) is 4.68 Å². The van der Waals surface area contributed by atoms with Crippen LogP contribution in [0.2, 0.25) is 0 Å². The smallest absolute Gasteiger partial charge is 0.219 e. The molecule has 0 saturated carbocycles. The summed E-state index contributed by atoms with van der Waals surface area (Å²) in [7, 11) is 1.95. The molecule has 0 aromatic carbocycles. The number of rotatable bonds is 3. The quantitative estimate of drug-likeness (QED) is 0.589. The van der Waals surface area contributed by atoms with E-state index in [-0.39, 0.29) is 0 Å². The van der Waals surface area contributed by atoms with Gasteiger partial charge in [-0.25, -0.2) is 5.10 Å². The van der Waals surface area contributed by atoms with Crippen molar-refractivity contribution < 1.29 is 4.42 Å². The number of furan rings is 1. The van der Waals surface area contributed by atoms with Crippen molar-refractivity contribution >= 4 is 18.4 Å². The first-order valence-electron chi connectivity index (χ1n) is 5.62. The molecule has 0 aliphatic carbocycles. The number of H-pyrrole nitrogens is 1. The van der Waals surface area contributed by atoms with Gasteiger partial charge in [-0.05, 0) is 36.5 Å². The molecule has 0 radical (unpaired) electrons. The lowest BCUT2D eigenvalue weighted by Crippen LogP contribution is -1.97. The second kappa shape index (κ2) is 4.69. The average molecular weight is 273 g/mol. The fourth-order valence-corrected chi connectivity index (χ4v) is 1.87. The predicted molar refractivity (Wildman–Crippen MR) is 73.5 cm³/mol. The SMILES string of the molecule is Cn1cccc1/C=N/n1c(-c2ccco2)n[nH]c1=S. The fraction of sp³-hybridized carbons (Fsp3) is 0.0833. The van der Waals surface area contributed by atoms with E-state index in [9.17, 15) is 0 Å². The van der Waals surface area contributed by atoms with Gasteiger partial charge in [0.2, 0.25) is 10.6 Å². The molecule has 6 nitrogen and oxygen atoms in total. The third-order valence-corrected chi connectivity index (χ3v) is 2.95. The van der Waals surface area contributed by atoms with Crippen LogP contribution in [0.5, 0.6) is 0 Å². The van der Waals surface area contributed by atoms with Gasteiger partial charge >= 0.3 is 0 Å². The Morgan fingerprint density at radius 3 is 3.00 bits per heavy atom. The molecule has 0 aliphatic rings. The Hall–Kier alpha value is -2.41. The number of hydrogen-bond donors (Lipinski definition) is 1. The first-order chi connectivity index (χ1) is 9.25. The number of aromatic amines is 1. The molecule has 0 amide bonds. The summed E-state index contributed by atoms with van der Waals surface area (Å²) < 4.78 is 9.21. The maximum absolute atomic E-state index is 5.31. The van der Waals surface area contributed by atoms with Crippen molar-refractivity contribution in [2.24, 2.45) is 12.1 Å². The number of nitrogens with one attached hydrogen (secondary N) is 1. The van der Waals surface area contributed by atoms with Crippen LogP contribution in [-0.2, 0) is 7.05 Å². The summed E-state index contributed by atoms with van der Waals surface area (Å²) in [6.07, 6.45) is 5.25. The van der Waals surface area contributed by atoms with Crippen molar-refractivity contribution in [1.82, 2.24) is 19.4 Å². The van der Waals surface area contributed by atoms with E-state index < -0.39 is 0 Å². The van der Waals surface area contributed by atoms with Gasteiger partial charge in [-0.1, -0.05) is 0 Å². The summed E-state index contributed by atoms with van der Waals surface area (Å²) in [4.78, 5) is 0. The van der Waals surface area contributed by atoms with Crippen molar-refractivity contribution in [3.05, 3.63) is 47.2 Å². The van der Waals surface area contributed by atoms with E-state index in [4.69, 9.17) is 16.6 Å². The van der Waals surface area contributed by atoms with E-state index in [1.54, 1.807) is 24.6 Å². The van der Waals surface area contributed by atoms with E-state index in [0.29, 0.717) is 16.4 Å². The molecule has 0 atom stereocenters. The van der Waals surface area contributed by atoms with Crippen molar-refractivity contribution in [3.63, 3.8) is 0 Å². The maximum atomic E-state index is 5.31. The lowest BCUT2D eigenvalue weighted by Gasteiger charge is -1.98. The molecular weight excluding hydrogens is 262 g/mol. The van der Waals surface area contributed by atoms with Crippen LogP contribution < -0.4 is 0 Å². The third kappa shape index (κ3) is 2.15. The van der Waals surface area contributed by atoms with E-state index >= 15 is 0 Å². The molecule has 0 spiro atoms. The van der Waals surface area contributed by atoms with Gasteiger partial charge in [-0.15, -0.1) is 5.10 Å². The summed E-state index contributed by atoms with van der Waals surface area (Å²) in [6.45, 7) is 0. The second-order valence-electron chi connectivity index (χ2n) is 3.93. The van der Waals surface area contributed by atoms with Crippen molar-refractivity contribution in [2.45, 2.75) is 0 Å². The minimum atomic E-state index is 0.414. The van der Waals surface area contributed by atoms with Gasteiger partial charge in [0.05, 0.1) is 18.2 Å². The molecule has 3 aromatic heterocycles. The van der Waals surface area contributed by atoms with Crippen molar-refractivity contribution in [2.75, 3.05) is 0 Å². The Bertz CT molecular complexity index is 762. The number of hydrogen-bond acceptors (Lipinski definition) is 4. The molecule has 3 rings (SSSR count). The Kier molecular flexibility index (Phi) is 2.88. The van der Waals surface area contributed by atoms with E-state index in [1.807, 2.05) is 29.9 Å². The molecule has 0 saturated heterocycles. The zero-order chi connectivity index (χ0) is 13.2. The van der Waals surface area contributed by atoms with Gasteiger partial charge in [0.15, 0.2) is 5.76 Å². The molecule has 0 aliphatic heterocycles. The largest absolute Gasteiger partial charge is 0.461 e. The van der Waals surface area contributed by atoms with Gasteiger partial charge in [0.25, 0.3) is 0 Å². The first-order valence-corrected chi connectivity index (χ1v) is 6.03. The molecule has 3 aromatic rings. The molecule has 1 N–H and O–H groups in total. The van der Waals surface area contributed by atoms with Crippen LogP contribution in [0.3, 0.4) is 0 Å². The Morgan fingerprint density at radius 2 is 2.32 bits per heavy atom. The maximum Gasteiger partial charge on any atom is 0.219 e. The Morgan fingerprint density at radius 1 is 1.42 bits per heavy atom. The highest BCUT2D eigenvalue weighted by Gasteiger charge is 2.10. The van der Waals surface area contributed by atoms with Gasteiger partial charge < -0.3 is 8.98 Å². The van der Waals surface area contributed by atoms with E-state index in [2.05, 4.69) is 15.3 Å². The lowest BCUT2D eigenvalue weighted by atomic mass is 10.4.